The van der Waals surface area contributed by atoms with Crippen molar-refractivity contribution in [3.8, 4) is 0 Å². The molecular formula is C12H19N3O. The molecule has 0 aromatic carbocycles. The highest BCUT2D eigenvalue weighted by Gasteiger charge is 2.18. The number of ether oxygens (including phenoxy) is 1. The molecule has 16 heavy (non-hydrogen) atoms. The van der Waals surface area contributed by atoms with Crippen LogP contribution in [0.4, 0.5) is 0 Å². The Morgan fingerprint density at radius 1 is 1.38 bits per heavy atom. The average molecular weight is 221 g/mol. The molecule has 0 unspecified atom stereocenters. The highest BCUT2D eigenvalue weighted by Crippen LogP contribution is 2.16. The summed E-state index contributed by atoms with van der Waals surface area (Å²) in [7, 11) is 0. The average Bonchev–Trinajstić information content (AvgIpc) is 2.34. The molecule has 0 fully saturated rings. The zero-order valence-electron chi connectivity index (χ0n) is 9.99. The molecule has 4 nitrogen and oxygen atoms in total. The summed E-state index contributed by atoms with van der Waals surface area (Å²) in [5.41, 5.74) is 10.4. The van der Waals surface area contributed by atoms with E-state index >= 15 is 0 Å². The molecule has 1 aliphatic carbocycles. The van der Waals surface area contributed by atoms with E-state index in [0.717, 1.165) is 30.8 Å². The lowest BCUT2D eigenvalue weighted by molar-refractivity contribution is -0.00700. The van der Waals surface area contributed by atoms with Gasteiger partial charge in [-0.25, -0.2) is 0 Å². The van der Waals surface area contributed by atoms with Crippen molar-refractivity contribution in [2.24, 2.45) is 0 Å². The molecule has 1 aliphatic rings. The van der Waals surface area contributed by atoms with E-state index in [1.807, 2.05) is 6.08 Å². The molecule has 1 N–H and O–H groups in total. The number of nitrogens with one attached hydrogen (secondary N) is 1. The van der Waals surface area contributed by atoms with Crippen LogP contribution in [0, 0.1) is 0 Å². The second-order valence-corrected chi connectivity index (χ2v) is 3.71. The molecule has 0 aromatic heterocycles. The Bertz CT molecular complexity index is 338. The molecule has 0 atom stereocenters. The summed E-state index contributed by atoms with van der Waals surface area (Å²) in [6.07, 6.45) is 6.30. The van der Waals surface area contributed by atoms with Crippen molar-refractivity contribution in [2.45, 2.75) is 33.1 Å². The summed E-state index contributed by atoms with van der Waals surface area (Å²) in [5, 5.41) is 3.31. The fraction of sp³-hybridized carbons (Fsp3) is 0.583. The molecule has 0 bridgehead atoms. The monoisotopic (exact) mass is 221 g/mol. The standard InChI is InChI=1S/C12H19N3O/c1-3-7-14-11-6-5-10(15-13)9-12(11)16-8-4-2/h5-6,14H,3-4,7-9H2,1-2H3. The third kappa shape index (κ3) is 3.55. The van der Waals surface area contributed by atoms with Crippen molar-refractivity contribution in [1.29, 1.82) is 0 Å². The fourth-order valence-electron chi connectivity index (χ4n) is 1.43. The number of hydrogen-bond donors (Lipinski definition) is 1. The number of nitrogens with zero attached hydrogens (tertiary/aromatic N) is 2. The summed E-state index contributed by atoms with van der Waals surface area (Å²) < 4.78 is 5.65. The summed E-state index contributed by atoms with van der Waals surface area (Å²) >= 11 is 0. The minimum absolute atomic E-state index is 0.555. The topological polar surface area (TPSA) is 57.7 Å². The quantitative estimate of drug-likeness (QED) is 0.552. The van der Waals surface area contributed by atoms with Crippen LogP contribution in [0.2, 0.25) is 0 Å². The Hall–Kier alpha value is -1.54. The highest BCUT2D eigenvalue weighted by molar-refractivity contribution is 5.93. The molecule has 0 aliphatic heterocycles. The van der Waals surface area contributed by atoms with Crippen LogP contribution in [0.1, 0.15) is 33.1 Å². The smallest absolute Gasteiger partial charge is 0.299 e. The maximum absolute atomic E-state index is 8.73. The Morgan fingerprint density at radius 3 is 2.81 bits per heavy atom. The fourth-order valence-corrected chi connectivity index (χ4v) is 1.43. The van der Waals surface area contributed by atoms with Gasteiger partial charge in [0.25, 0.3) is 5.71 Å². The Balaban J connectivity index is 2.73. The van der Waals surface area contributed by atoms with E-state index in [1.54, 1.807) is 6.08 Å². The van der Waals surface area contributed by atoms with Gasteiger partial charge in [0.2, 0.25) is 0 Å². The van der Waals surface area contributed by atoms with Gasteiger partial charge < -0.3 is 15.6 Å². The summed E-state index contributed by atoms with van der Waals surface area (Å²) in [5.74, 6) is 0.866. The van der Waals surface area contributed by atoms with E-state index in [0.29, 0.717) is 18.7 Å². The van der Waals surface area contributed by atoms with Gasteiger partial charge in [0.05, 0.1) is 12.3 Å². The first kappa shape index (κ1) is 12.5. The first-order valence-electron chi connectivity index (χ1n) is 5.80. The van der Waals surface area contributed by atoms with Gasteiger partial charge in [-0.15, -0.1) is 0 Å². The minimum atomic E-state index is 0.555. The Kier molecular flexibility index (Phi) is 5.37. The SMILES string of the molecule is CCCNC1=C(OCCC)CC(=[N+]=[N-])C=C1. The van der Waals surface area contributed by atoms with Crippen LogP contribution in [0.5, 0.6) is 0 Å². The lowest BCUT2D eigenvalue weighted by atomic mass is 10.1. The predicted molar refractivity (Wildman–Crippen MR) is 63.9 cm³/mol. The normalized spacial score (nSPS) is 15.0. The number of hydrogen-bond acceptors (Lipinski definition) is 2. The van der Waals surface area contributed by atoms with Crippen molar-refractivity contribution >= 4 is 5.71 Å². The molecule has 0 radical (unpaired) electrons. The molecular weight excluding hydrogens is 202 g/mol. The first-order chi connectivity index (χ1) is 7.81. The number of rotatable bonds is 6. The summed E-state index contributed by atoms with van der Waals surface area (Å²) in [6.45, 7) is 5.80. The van der Waals surface area contributed by atoms with E-state index in [4.69, 9.17) is 10.3 Å². The van der Waals surface area contributed by atoms with E-state index in [2.05, 4.69) is 24.0 Å². The molecule has 0 saturated heterocycles. The lowest BCUT2D eigenvalue weighted by Crippen LogP contribution is -2.20. The first-order valence-corrected chi connectivity index (χ1v) is 5.80. The molecule has 0 amide bonds. The molecule has 0 spiro atoms. The van der Waals surface area contributed by atoms with Crippen LogP contribution in [-0.2, 0) is 4.74 Å². The molecule has 0 aromatic rings. The lowest BCUT2D eigenvalue weighted by Gasteiger charge is -2.16. The Labute approximate surface area is 96.6 Å². The Morgan fingerprint density at radius 2 is 2.19 bits per heavy atom. The maximum atomic E-state index is 8.73. The molecule has 0 heterocycles. The van der Waals surface area contributed by atoms with Gasteiger partial charge in [-0.05, 0) is 18.9 Å². The molecule has 1 rings (SSSR count). The third-order valence-electron chi connectivity index (χ3n) is 2.26. The maximum Gasteiger partial charge on any atom is 0.299 e. The van der Waals surface area contributed by atoms with Crippen LogP contribution >= 0.6 is 0 Å². The van der Waals surface area contributed by atoms with Crippen molar-refractivity contribution in [3.05, 3.63) is 29.1 Å². The molecule has 88 valence electrons. The highest BCUT2D eigenvalue weighted by atomic mass is 16.5. The van der Waals surface area contributed by atoms with Crippen LogP contribution in [-0.4, -0.2) is 23.7 Å². The zero-order chi connectivity index (χ0) is 11.8. The van der Waals surface area contributed by atoms with E-state index in [1.165, 1.54) is 0 Å². The molecule has 4 heteroatoms. The van der Waals surface area contributed by atoms with Crippen LogP contribution in [0.25, 0.3) is 5.53 Å². The second-order valence-electron chi connectivity index (χ2n) is 3.71. The van der Waals surface area contributed by atoms with Gasteiger partial charge in [0.1, 0.15) is 12.2 Å². The zero-order valence-corrected chi connectivity index (χ0v) is 9.99. The van der Waals surface area contributed by atoms with Gasteiger partial charge in [0, 0.05) is 12.6 Å². The van der Waals surface area contributed by atoms with Crippen molar-refractivity contribution in [3.63, 3.8) is 0 Å². The van der Waals surface area contributed by atoms with E-state index in [9.17, 15) is 0 Å². The van der Waals surface area contributed by atoms with Gasteiger partial charge in [-0.2, -0.15) is 4.79 Å². The number of allylic oxidation sites excluding steroid dienone is 3. The summed E-state index contributed by atoms with van der Waals surface area (Å²) in [6, 6.07) is 0. The third-order valence-corrected chi connectivity index (χ3v) is 2.26. The second kappa shape index (κ2) is 6.85. The van der Waals surface area contributed by atoms with Crippen molar-refractivity contribution < 1.29 is 9.53 Å². The largest absolute Gasteiger partial charge is 0.495 e. The van der Waals surface area contributed by atoms with Crippen molar-refractivity contribution in [1.82, 2.24) is 5.32 Å². The van der Waals surface area contributed by atoms with Crippen LogP contribution in [0.3, 0.4) is 0 Å². The minimum Gasteiger partial charge on any atom is -0.495 e. The van der Waals surface area contributed by atoms with Gasteiger partial charge in [0.15, 0.2) is 0 Å². The van der Waals surface area contributed by atoms with Crippen LogP contribution in [0.15, 0.2) is 23.6 Å². The van der Waals surface area contributed by atoms with Crippen LogP contribution < -0.4 is 5.32 Å². The van der Waals surface area contributed by atoms with E-state index in [-0.39, 0.29) is 0 Å². The predicted octanol–water partition coefficient (Wildman–Crippen LogP) is 2.25. The summed E-state index contributed by atoms with van der Waals surface area (Å²) in [4.78, 5) is 3.21. The van der Waals surface area contributed by atoms with Gasteiger partial charge >= 0.3 is 0 Å². The molecule has 0 saturated carbocycles. The van der Waals surface area contributed by atoms with Gasteiger partial charge in [-0.3, -0.25) is 0 Å². The van der Waals surface area contributed by atoms with Gasteiger partial charge in [-0.1, -0.05) is 13.8 Å². The van der Waals surface area contributed by atoms with Crippen molar-refractivity contribution in [2.75, 3.05) is 13.2 Å². The van der Waals surface area contributed by atoms with E-state index < -0.39 is 0 Å².